The Morgan fingerprint density at radius 1 is 1.10 bits per heavy atom. The van der Waals surface area contributed by atoms with Crippen molar-refractivity contribution < 1.29 is 24.7 Å². The van der Waals surface area contributed by atoms with Crippen molar-refractivity contribution in [3.8, 4) is 5.75 Å². The first-order valence-corrected chi connectivity index (χ1v) is 9.19. The van der Waals surface area contributed by atoms with E-state index in [1.807, 2.05) is 4.90 Å². The smallest absolute Gasteiger partial charge is 0.339 e. The van der Waals surface area contributed by atoms with Crippen LogP contribution in [0, 0.1) is 17.0 Å². The van der Waals surface area contributed by atoms with Gasteiger partial charge < -0.3 is 20.4 Å². The lowest BCUT2D eigenvalue weighted by molar-refractivity contribution is -0.384. The number of piperidine rings is 1. The van der Waals surface area contributed by atoms with Gasteiger partial charge in [0.1, 0.15) is 11.3 Å². The second-order valence-electron chi connectivity index (χ2n) is 6.95. The first-order chi connectivity index (χ1) is 13.8. The number of anilines is 2. The number of aromatic hydroxyl groups is 1. The molecule has 0 saturated carbocycles. The lowest BCUT2D eigenvalue weighted by Gasteiger charge is -2.30. The molecule has 0 spiro atoms. The van der Waals surface area contributed by atoms with Crippen LogP contribution in [0.15, 0.2) is 30.3 Å². The summed E-state index contributed by atoms with van der Waals surface area (Å²) in [5.41, 5.74) is 0.666. The van der Waals surface area contributed by atoms with E-state index in [1.54, 1.807) is 6.07 Å². The molecule has 29 heavy (non-hydrogen) atoms. The van der Waals surface area contributed by atoms with Gasteiger partial charge in [-0.2, -0.15) is 0 Å². The molecule has 1 amide bonds. The number of hydrogen-bond donors (Lipinski definition) is 3. The van der Waals surface area contributed by atoms with E-state index in [0.29, 0.717) is 5.69 Å². The Hall–Kier alpha value is -3.62. The molecule has 152 valence electrons. The molecule has 0 atom stereocenters. The van der Waals surface area contributed by atoms with Crippen LogP contribution in [0.3, 0.4) is 0 Å². The lowest BCUT2D eigenvalue weighted by atomic mass is 10.0. The molecule has 0 radical (unpaired) electrons. The SMILES string of the molecule is Cc1cc(NC(=O)c2cc([N+](=O)[O-])ccc2N2CCCCC2)cc(C(=O)O)c1O. The van der Waals surface area contributed by atoms with Crippen molar-refractivity contribution in [2.24, 2.45) is 0 Å². The van der Waals surface area contributed by atoms with Crippen molar-refractivity contribution in [3.05, 3.63) is 57.1 Å². The molecule has 0 unspecified atom stereocenters. The third-order valence-electron chi connectivity index (χ3n) is 4.92. The van der Waals surface area contributed by atoms with E-state index in [1.165, 1.54) is 25.1 Å². The number of phenols is 1. The molecule has 0 bridgehead atoms. The van der Waals surface area contributed by atoms with Gasteiger partial charge in [-0.15, -0.1) is 0 Å². The number of nitro benzene ring substituents is 1. The highest BCUT2D eigenvalue weighted by atomic mass is 16.6. The van der Waals surface area contributed by atoms with Crippen LogP contribution in [-0.4, -0.2) is 40.1 Å². The van der Waals surface area contributed by atoms with Crippen LogP contribution in [0.1, 0.15) is 45.5 Å². The molecule has 0 aliphatic carbocycles. The number of carbonyl (C=O) groups excluding carboxylic acids is 1. The maximum atomic E-state index is 13.0. The standard InChI is InChI=1S/C20H21N3O6/c1-12-9-13(10-16(18(12)24)20(26)27)21-19(25)15-11-14(23(28)29)5-6-17(15)22-7-3-2-4-8-22/h5-6,9-11,24H,2-4,7-8H2,1H3,(H,21,25)(H,26,27). The first-order valence-electron chi connectivity index (χ1n) is 9.19. The molecule has 2 aromatic carbocycles. The number of carboxylic acid groups (broad SMARTS) is 1. The summed E-state index contributed by atoms with van der Waals surface area (Å²) in [7, 11) is 0. The Labute approximate surface area is 166 Å². The number of non-ortho nitro benzene ring substituents is 1. The van der Waals surface area contributed by atoms with E-state index in [9.17, 15) is 29.9 Å². The van der Waals surface area contributed by atoms with E-state index in [0.717, 1.165) is 38.4 Å². The van der Waals surface area contributed by atoms with Gasteiger partial charge in [0.05, 0.1) is 16.2 Å². The highest BCUT2D eigenvalue weighted by Crippen LogP contribution is 2.30. The minimum Gasteiger partial charge on any atom is -0.507 e. The number of aryl methyl sites for hydroxylation is 1. The second-order valence-corrected chi connectivity index (χ2v) is 6.95. The number of nitrogens with one attached hydrogen (secondary N) is 1. The highest BCUT2D eigenvalue weighted by molar-refractivity contribution is 6.09. The molecule has 1 saturated heterocycles. The molecule has 1 aliphatic rings. The number of benzene rings is 2. The topological polar surface area (TPSA) is 133 Å². The Morgan fingerprint density at radius 3 is 2.41 bits per heavy atom. The fourth-order valence-electron chi connectivity index (χ4n) is 3.44. The molecule has 0 aromatic heterocycles. The summed E-state index contributed by atoms with van der Waals surface area (Å²) in [5.74, 6) is -2.29. The summed E-state index contributed by atoms with van der Waals surface area (Å²) in [5, 5.41) is 32.9. The van der Waals surface area contributed by atoms with E-state index in [4.69, 9.17) is 0 Å². The number of hydrogen-bond acceptors (Lipinski definition) is 6. The largest absolute Gasteiger partial charge is 0.507 e. The fourth-order valence-corrected chi connectivity index (χ4v) is 3.44. The lowest BCUT2D eigenvalue weighted by Crippen LogP contribution is -2.31. The molecule has 3 rings (SSSR count). The van der Waals surface area contributed by atoms with E-state index < -0.39 is 16.8 Å². The summed E-state index contributed by atoms with van der Waals surface area (Å²) in [4.78, 5) is 36.9. The first kappa shape index (κ1) is 20.1. The minimum absolute atomic E-state index is 0.142. The molecule has 1 heterocycles. The number of nitro groups is 1. The predicted molar refractivity (Wildman–Crippen MR) is 107 cm³/mol. The molecular formula is C20H21N3O6. The quantitative estimate of drug-likeness (QED) is 0.398. The van der Waals surface area contributed by atoms with E-state index >= 15 is 0 Å². The summed E-state index contributed by atoms with van der Waals surface area (Å²) < 4.78 is 0. The zero-order valence-electron chi connectivity index (χ0n) is 15.8. The minimum atomic E-state index is -1.33. The molecular weight excluding hydrogens is 378 g/mol. The normalized spacial score (nSPS) is 13.8. The Morgan fingerprint density at radius 2 is 1.79 bits per heavy atom. The summed E-state index contributed by atoms with van der Waals surface area (Å²) in [6, 6.07) is 6.76. The third-order valence-corrected chi connectivity index (χ3v) is 4.92. The fraction of sp³-hybridized carbons (Fsp3) is 0.300. The number of carboxylic acids is 1. The van der Waals surface area contributed by atoms with Crippen LogP contribution in [-0.2, 0) is 0 Å². The van der Waals surface area contributed by atoms with Gasteiger partial charge in [0, 0.05) is 30.9 Å². The zero-order valence-corrected chi connectivity index (χ0v) is 15.8. The average Bonchev–Trinajstić information content (AvgIpc) is 2.70. The van der Waals surface area contributed by atoms with Crippen LogP contribution in [0.2, 0.25) is 0 Å². The van der Waals surface area contributed by atoms with Crippen molar-refractivity contribution in [2.45, 2.75) is 26.2 Å². The van der Waals surface area contributed by atoms with Crippen molar-refractivity contribution in [2.75, 3.05) is 23.3 Å². The number of aromatic carboxylic acids is 1. The van der Waals surface area contributed by atoms with Crippen LogP contribution in [0.25, 0.3) is 0 Å². The second kappa shape index (κ2) is 8.17. The molecule has 3 N–H and O–H groups in total. The van der Waals surface area contributed by atoms with Gasteiger partial charge >= 0.3 is 5.97 Å². The van der Waals surface area contributed by atoms with Gasteiger partial charge in [-0.25, -0.2) is 4.79 Å². The number of nitrogens with zero attached hydrogens (tertiary/aromatic N) is 2. The average molecular weight is 399 g/mol. The Kier molecular flexibility index (Phi) is 5.67. The van der Waals surface area contributed by atoms with Gasteiger partial charge in [0.25, 0.3) is 11.6 Å². The summed E-state index contributed by atoms with van der Waals surface area (Å²) in [6.07, 6.45) is 3.03. The zero-order chi connectivity index (χ0) is 21.1. The molecule has 9 heteroatoms. The highest BCUT2D eigenvalue weighted by Gasteiger charge is 2.23. The summed E-state index contributed by atoms with van der Waals surface area (Å²) >= 11 is 0. The van der Waals surface area contributed by atoms with Gasteiger partial charge in [-0.1, -0.05) is 0 Å². The van der Waals surface area contributed by atoms with Crippen LogP contribution >= 0.6 is 0 Å². The van der Waals surface area contributed by atoms with Crippen molar-refractivity contribution in [3.63, 3.8) is 0 Å². The third kappa shape index (κ3) is 4.29. The maximum absolute atomic E-state index is 13.0. The predicted octanol–water partition coefficient (Wildman–Crippen LogP) is 3.55. The number of rotatable bonds is 5. The van der Waals surface area contributed by atoms with Crippen LogP contribution < -0.4 is 10.2 Å². The molecule has 1 aliphatic heterocycles. The Bertz CT molecular complexity index is 982. The van der Waals surface area contributed by atoms with E-state index in [-0.39, 0.29) is 33.8 Å². The number of amides is 1. The maximum Gasteiger partial charge on any atom is 0.339 e. The summed E-state index contributed by atoms with van der Waals surface area (Å²) in [6.45, 7) is 3.02. The monoisotopic (exact) mass is 399 g/mol. The molecule has 2 aromatic rings. The van der Waals surface area contributed by atoms with Crippen molar-refractivity contribution in [1.29, 1.82) is 0 Å². The van der Waals surface area contributed by atoms with Crippen molar-refractivity contribution >= 4 is 28.9 Å². The molecule has 9 nitrogen and oxygen atoms in total. The van der Waals surface area contributed by atoms with Gasteiger partial charge in [-0.3, -0.25) is 14.9 Å². The van der Waals surface area contributed by atoms with Gasteiger partial charge in [0.2, 0.25) is 0 Å². The van der Waals surface area contributed by atoms with Crippen LogP contribution in [0.5, 0.6) is 5.75 Å². The van der Waals surface area contributed by atoms with Crippen LogP contribution in [0.4, 0.5) is 17.1 Å². The number of carbonyl (C=O) groups is 2. The molecule has 1 fully saturated rings. The van der Waals surface area contributed by atoms with E-state index in [2.05, 4.69) is 5.32 Å². The van der Waals surface area contributed by atoms with Crippen molar-refractivity contribution in [1.82, 2.24) is 0 Å². The van der Waals surface area contributed by atoms with Gasteiger partial charge in [0.15, 0.2) is 0 Å². The van der Waals surface area contributed by atoms with Gasteiger partial charge in [-0.05, 0) is 49.9 Å². The Balaban J connectivity index is 1.98.